The first kappa shape index (κ1) is 13.8. The Kier molecular flexibility index (Phi) is 4.74. The molecule has 2 unspecified atom stereocenters. The third-order valence-corrected chi connectivity index (χ3v) is 2.63. The Balaban J connectivity index is 2.61. The molecular formula is C11H15ClN2O3. The van der Waals surface area contributed by atoms with Crippen LogP contribution in [0.15, 0.2) is 18.2 Å². The fourth-order valence-corrected chi connectivity index (χ4v) is 1.31. The lowest BCUT2D eigenvalue weighted by Gasteiger charge is -2.15. The zero-order valence-electron chi connectivity index (χ0n) is 9.35. The van der Waals surface area contributed by atoms with Crippen molar-refractivity contribution >= 4 is 17.5 Å². The van der Waals surface area contributed by atoms with Gasteiger partial charge < -0.3 is 21.3 Å². The number of hydrogen-bond acceptors (Lipinski definition) is 4. The van der Waals surface area contributed by atoms with Crippen LogP contribution >= 0.6 is 11.6 Å². The number of carbonyl (C=O) groups excluding carboxylic acids is 1. The number of phenols is 1. The second kappa shape index (κ2) is 5.86. The SMILES string of the molecule is CC(O)C(N)CNC(=O)c1ccc(O)c(Cl)c1. The molecule has 0 aliphatic rings. The van der Waals surface area contributed by atoms with Gasteiger partial charge in [0.25, 0.3) is 5.91 Å². The largest absolute Gasteiger partial charge is 0.506 e. The van der Waals surface area contributed by atoms with E-state index in [1.165, 1.54) is 18.2 Å². The van der Waals surface area contributed by atoms with E-state index in [-0.39, 0.29) is 23.2 Å². The van der Waals surface area contributed by atoms with Crippen LogP contribution in [0.4, 0.5) is 0 Å². The zero-order chi connectivity index (χ0) is 13.0. The molecule has 0 aliphatic heterocycles. The highest BCUT2D eigenvalue weighted by Crippen LogP contribution is 2.23. The van der Waals surface area contributed by atoms with Crippen molar-refractivity contribution in [1.29, 1.82) is 0 Å². The molecule has 94 valence electrons. The average molecular weight is 259 g/mol. The van der Waals surface area contributed by atoms with Gasteiger partial charge in [-0.15, -0.1) is 0 Å². The van der Waals surface area contributed by atoms with Gasteiger partial charge in [-0.25, -0.2) is 0 Å². The second-order valence-corrected chi connectivity index (χ2v) is 4.19. The number of carbonyl (C=O) groups is 1. The smallest absolute Gasteiger partial charge is 0.251 e. The lowest BCUT2D eigenvalue weighted by molar-refractivity contribution is 0.0937. The van der Waals surface area contributed by atoms with Crippen molar-refractivity contribution in [3.05, 3.63) is 28.8 Å². The number of aromatic hydroxyl groups is 1. The lowest BCUT2D eigenvalue weighted by Crippen LogP contribution is -2.43. The molecule has 5 N–H and O–H groups in total. The molecule has 0 aliphatic carbocycles. The standard InChI is InChI=1S/C11H15ClN2O3/c1-6(15)9(13)5-14-11(17)7-2-3-10(16)8(12)4-7/h2-4,6,9,15-16H,5,13H2,1H3,(H,14,17). The summed E-state index contributed by atoms with van der Waals surface area (Å²) >= 11 is 5.68. The van der Waals surface area contributed by atoms with E-state index >= 15 is 0 Å². The fourth-order valence-electron chi connectivity index (χ4n) is 1.13. The summed E-state index contributed by atoms with van der Waals surface area (Å²) in [4.78, 5) is 11.6. The highest BCUT2D eigenvalue weighted by molar-refractivity contribution is 6.32. The quantitative estimate of drug-likeness (QED) is 0.632. The molecule has 0 spiro atoms. The molecule has 1 rings (SSSR count). The third kappa shape index (κ3) is 3.89. The number of halogens is 1. The number of rotatable bonds is 4. The Labute approximate surface area is 104 Å². The minimum absolute atomic E-state index is 0.0797. The van der Waals surface area contributed by atoms with E-state index in [4.69, 9.17) is 22.4 Å². The molecule has 2 atom stereocenters. The molecule has 0 radical (unpaired) electrons. The number of benzene rings is 1. The molecule has 17 heavy (non-hydrogen) atoms. The second-order valence-electron chi connectivity index (χ2n) is 3.78. The highest BCUT2D eigenvalue weighted by atomic mass is 35.5. The van der Waals surface area contributed by atoms with Crippen LogP contribution in [0.25, 0.3) is 0 Å². The van der Waals surface area contributed by atoms with E-state index in [0.29, 0.717) is 5.56 Å². The minimum Gasteiger partial charge on any atom is -0.506 e. The first-order chi connectivity index (χ1) is 7.91. The van der Waals surface area contributed by atoms with Crippen molar-refractivity contribution in [3.63, 3.8) is 0 Å². The van der Waals surface area contributed by atoms with Gasteiger partial charge in [0.05, 0.1) is 11.1 Å². The van der Waals surface area contributed by atoms with Crippen LogP contribution < -0.4 is 11.1 Å². The van der Waals surface area contributed by atoms with E-state index in [0.717, 1.165) is 0 Å². The van der Waals surface area contributed by atoms with Gasteiger partial charge >= 0.3 is 0 Å². The number of hydrogen-bond donors (Lipinski definition) is 4. The van der Waals surface area contributed by atoms with Gasteiger partial charge in [0, 0.05) is 18.2 Å². The van der Waals surface area contributed by atoms with Crippen LogP contribution in [0.3, 0.4) is 0 Å². The molecule has 1 aromatic carbocycles. The maximum Gasteiger partial charge on any atom is 0.251 e. The van der Waals surface area contributed by atoms with E-state index < -0.39 is 12.1 Å². The predicted octanol–water partition coefficient (Wildman–Crippen LogP) is 0.484. The van der Waals surface area contributed by atoms with Crippen molar-refractivity contribution in [1.82, 2.24) is 5.32 Å². The summed E-state index contributed by atoms with van der Waals surface area (Å²) < 4.78 is 0. The van der Waals surface area contributed by atoms with Crippen molar-refractivity contribution in [2.24, 2.45) is 5.73 Å². The summed E-state index contributed by atoms with van der Waals surface area (Å²) in [5.41, 5.74) is 5.89. The Morgan fingerprint density at radius 1 is 1.59 bits per heavy atom. The zero-order valence-corrected chi connectivity index (χ0v) is 10.1. The summed E-state index contributed by atoms with van der Waals surface area (Å²) in [5, 5.41) is 21.0. The van der Waals surface area contributed by atoms with Crippen molar-refractivity contribution < 1.29 is 15.0 Å². The maximum absolute atomic E-state index is 11.6. The van der Waals surface area contributed by atoms with Crippen molar-refractivity contribution in [2.75, 3.05) is 6.54 Å². The molecule has 0 saturated carbocycles. The van der Waals surface area contributed by atoms with E-state index in [1.807, 2.05) is 0 Å². The molecule has 0 saturated heterocycles. The summed E-state index contributed by atoms with van der Waals surface area (Å²) in [5.74, 6) is -0.438. The van der Waals surface area contributed by atoms with Crippen LogP contribution in [0.5, 0.6) is 5.75 Å². The Morgan fingerprint density at radius 3 is 2.76 bits per heavy atom. The molecule has 1 amide bonds. The van der Waals surface area contributed by atoms with Gasteiger partial charge in [-0.1, -0.05) is 11.6 Å². The van der Waals surface area contributed by atoms with Crippen LogP contribution in [-0.4, -0.2) is 34.8 Å². The average Bonchev–Trinajstić information content (AvgIpc) is 2.28. The summed E-state index contributed by atoms with van der Waals surface area (Å²) in [6.07, 6.45) is -0.696. The van der Waals surface area contributed by atoms with Crippen LogP contribution in [-0.2, 0) is 0 Å². The molecule has 0 bridgehead atoms. The number of aliphatic hydroxyl groups is 1. The first-order valence-corrected chi connectivity index (χ1v) is 5.50. The van der Waals surface area contributed by atoms with Gasteiger partial charge in [0.15, 0.2) is 0 Å². The number of nitrogens with two attached hydrogens (primary N) is 1. The van der Waals surface area contributed by atoms with E-state index in [2.05, 4.69) is 5.32 Å². The maximum atomic E-state index is 11.6. The van der Waals surface area contributed by atoms with Gasteiger partial charge in [-0.3, -0.25) is 4.79 Å². The molecule has 0 fully saturated rings. The molecule has 5 nitrogen and oxygen atoms in total. The van der Waals surface area contributed by atoms with Gasteiger partial charge in [0.2, 0.25) is 0 Å². The molecular weight excluding hydrogens is 244 g/mol. The summed E-state index contributed by atoms with van der Waals surface area (Å²) in [7, 11) is 0. The normalized spacial score (nSPS) is 14.1. The van der Waals surface area contributed by atoms with Crippen molar-refractivity contribution in [2.45, 2.75) is 19.1 Å². The molecule has 0 heterocycles. The summed E-state index contributed by atoms with van der Waals surface area (Å²) in [6, 6.07) is 3.63. The Bertz CT molecular complexity index is 410. The lowest BCUT2D eigenvalue weighted by atomic mass is 10.1. The van der Waals surface area contributed by atoms with Gasteiger partial charge in [-0.05, 0) is 25.1 Å². The monoisotopic (exact) mass is 258 g/mol. The van der Waals surface area contributed by atoms with Crippen LogP contribution in [0.1, 0.15) is 17.3 Å². The molecule has 6 heteroatoms. The van der Waals surface area contributed by atoms with Crippen molar-refractivity contribution in [3.8, 4) is 5.75 Å². The minimum atomic E-state index is -0.696. The van der Waals surface area contributed by atoms with Gasteiger partial charge in [0.1, 0.15) is 5.75 Å². The van der Waals surface area contributed by atoms with E-state index in [1.54, 1.807) is 6.92 Å². The summed E-state index contributed by atoms with van der Waals surface area (Å²) in [6.45, 7) is 1.71. The fraction of sp³-hybridized carbons (Fsp3) is 0.364. The van der Waals surface area contributed by atoms with Crippen LogP contribution in [0.2, 0.25) is 5.02 Å². The Morgan fingerprint density at radius 2 is 2.24 bits per heavy atom. The van der Waals surface area contributed by atoms with E-state index in [9.17, 15) is 9.90 Å². The number of amides is 1. The molecule has 0 aromatic heterocycles. The first-order valence-electron chi connectivity index (χ1n) is 5.12. The topological polar surface area (TPSA) is 95.6 Å². The third-order valence-electron chi connectivity index (χ3n) is 2.33. The number of nitrogens with one attached hydrogen (secondary N) is 1. The van der Waals surface area contributed by atoms with Gasteiger partial charge in [-0.2, -0.15) is 0 Å². The Hall–Kier alpha value is -1.30. The molecule has 1 aromatic rings. The highest BCUT2D eigenvalue weighted by Gasteiger charge is 2.12. The van der Waals surface area contributed by atoms with Crippen LogP contribution in [0, 0.1) is 0 Å². The predicted molar refractivity (Wildman–Crippen MR) is 65.1 cm³/mol. The number of phenolic OH excluding ortho intramolecular Hbond substituents is 1. The number of aliphatic hydroxyl groups excluding tert-OH is 1.